The van der Waals surface area contributed by atoms with Gasteiger partial charge < -0.3 is 20.9 Å². The van der Waals surface area contributed by atoms with Gasteiger partial charge in [-0.25, -0.2) is 15.0 Å². The highest BCUT2D eigenvalue weighted by atomic mass is 32.1. The highest BCUT2D eigenvalue weighted by Gasteiger charge is 2.20. The second-order valence-electron chi connectivity index (χ2n) is 9.78. The standard InChI is InChI=1S/C32H28N8O2S/c1-40(2)18-6-11-29(41)35-24-8-5-7-21(19-24)30(42)36-22-12-14-23(15-13-22)37-32-34-17-16-26(39-32)25(20-33)31-38-27-9-3-4-10-28(27)43-31/h3-17,19,25H,18H2,1-2H3,(H,35,41)(H,36,42)(H,34,37,39). The second-order valence-corrected chi connectivity index (χ2v) is 10.8. The SMILES string of the molecule is CN(C)CC=CC(=O)Nc1cccc(C(=O)Nc2ccc(Nc3nccc(C(C#N)c4nc5ccccc5s4)n3)cc2)c1. The van der Waals surface area contributed by atoms with Crippen LogP contribution >= 0.6 is 11.3 Å². The van der Waals surface area contributed by atoms with Gasteiger partial charge in [0.15, 0.2) is 0 Å². The lowest BCUT2D eigenvalue weighted by atomic mass is 10.1. The predicted octanol–water partition coefficient (Wildman–Crippen LogP) is 5.79. The minimum Gasteiger partial charge on any atom is -0.324 e. The summed E-state index contributed by atoms with van der Waals surface area (Å²) in [6.07, 6.45) is 4.84. The highest BCUT2D eigenvalue weighted by Crippen LogP contribution is 2.31. The first-order valence-electron chi connectivity index (χ1n) is 13.4. The van der Waals surface area contributed by atoms with Crippen molar-refractivity contribution in [1.29, 1.82) is 5.26 Å². The summed E-state index contributed by atoms with van der Waals surface area (Å²) in [6.45, 7) is 0.649. The average Bonchev–Trinajstić information content (AvgIpc) is 3.42. The molecule has 214 valence electrons. The van der Waals surface area contributed by atoms with E-state index in [2.05, 4.69) is 37.0 Å². The first-order valence-corrected chi connectivity index (χ1v) is 14.2. The molecule has 11 heteroatoms. The maximum absolute atomic E-state index is 12.9. The summed E-state index contributed by atoms with van der Waals surface area (Å²) >= 11 is 1.47. The molecule has 1 unspecified atom stereocenters. The van der Waals surface area contributed by atoms with Gasteiger partial charge in [0, 0.05) is 41.4 Å². The van der Waals surface area contributed by atoms with Crippen molar-refractivity contribution < 1.29 is 9.59 Å². The lowest BCUT2D eigenvalue weighted by Crippen LogP contribution is -2.14. The number of aromatic nitrogens is 3. The van der Waals surface area contributed by atoms with Gasteiger partial charge >= 0.3 is 0 Å². The fourth-order valence-electron chi connectivity index (χ4n) is 4.12. The molecular weight excluding hydrogens is 560 g/mol. The van der Waals surface area contributed by atoms with E-state index in [0.717, 1.165) is 10.2 Å². The lowest BCUT2D eigenvalue weighted by molar-refractivity contribution is -0.111. The smallest absolute Gasteiger partial charge is 0.255 e. The number of benzene rings is 3. The van der Waals surface area contributed by atoms with Gasteiger partial charge in [0.05, 0.1) is 22.0 Å². The van der Waals surface area contributed by atoms with Crippen LogP contribution in [0.25, 0.3) is 10.2 Å². The number of anilines is 4. The lowest BCUT2D eigenvalue weighted by Gasteiger charge is -2.10. The largest absolute Gasteiger partial charge is 0.324 e. The van der Waals surface area contributed by atoms with Crippen molar-refractivity contribution in [2.24, 2.45) is 0 Å². The van der Waals surface area contributed by atoms with Crippen LogP contribution in [0, 0.1) is 11.3 Å². The number of hydrogen-bond acceptors (Lipinski definition) is 9. The van der Waals surface area contributed by atoms with Crippen LogP contribution in [0.1, 0.15) is 27.0 Å². The fourth-order valence-corrected chi connectivity index (χ4v) is 5.14. The third kappa shape index (κ3) is 7.65. The third-order valence-electron chi connectivity index (χ3n) is 6.19. The van der Waals surface area contributed by atoms with Crippen LogP contribution in [0.5, 0.6) is 0 Å². The summed E-state index contributed by atoms with van der Waals surface area (Å²) in [5, 5.41) is 19.4. The molecule has 0 saturated heterocycles. The number of nitrogens with zero attached hydrogens (tertiary/aromatic N) is 5. The van der Waals surface area contributed by atoms with Gasteiger partial charge in [-0.3, -0.25) is 9.59 Å². The van der Waals surface area contributed by atoms with Crippen LogP contribution in [-0.2, 0) is 4.79 Å². The third-order valence-corrected chi connectivity index (χ3v) is 7.29. The molecule has 2 aromatic heterocycles. The molecule has 0 saturated carbocycles. The number of likely N-dealkylation sites (N-methyl/N-ethyl adjacent to an activating group) is 1. The predicted molar refractivity (Wildman–Crippen MR) is 170 cm³/mol. The molecule has 10 nitrogen and oxygen atoms in total. The van der Waals surface area contributed by atoms with E-state index in [1.165, 1.54) is 17.4 Å². The van der Waals surface area contributed by atoms with Crippen LogP contribution in [0.2, 0.25) is 0 Å². The van der Waals surface area contributed by atoms with Gasteiger partial charge in [-0.1, -0.05) is 24.3 Å². The number of nitrogens with one attached hydrogen (secondary N) is 3. The molecule has 0 spiro atoms. The number of para-hydroxylation sites is 1. The topological polar surface area (TPSA) is 136 Å². The zero-order valence-electron chi connectivity index (χ0n) is 23.5. The van der Waals surface area contributed by atoms with Gasteiger partial charge in [0.25, 0.3) is 5.91 Å². The monoisotopic (exact) mass is 588 g/mol. The Morgan fingerprint density at radius 1 is 0.953 bits per heavy atom. The minimum absolute atomic E-state index is 0.267. The zero-order valence-corrected chi connectivity index (χ0v) is 24.3. The molecular formula is C32H28N8O2S. The van der Waals surface area contributed by atoms with Crippen molar-refractivity contribution in [3.63, 3.8) is 0 Å². The Balaban J connectivity index is 1.21. The number of fused-ring (bicyclic) bond motifs is 1. The summed E-state index contributed by atoms with van der Waals surface area (Å²) in [4.78, 5) is 40.4. The molecule has 2 amide bonds. The molecule has 0 aliphatic carbocycles. The number of hydrogen-bond donors (Lipinski definition) is 3. The van der Waals surface area contributed by atoms with Crippen LogP contribution in [0.15, 0.2) is 97.2 Å². The Kier molecular flexibility index (Phi) is 9.11. The second kappa shape index (κ2) is 13.5. The first kappa shape index (κ1) is 29.1. The molecule has 0 bridgehead atoms. The molecule has 43 heavy (non-hydrogen) atoms. The molecule has 0 radical (unpaired) electrons. The Morgan fingerprint density at radius 3 is 2.51 bits per heavy atom. The van der Waals surface area contributed by atoms with E-state index in [0.29, 0.717) is 45.8 Å². The van der Waals surface area contributed by atoms with Crippen molar-refractivity contribution in [1.82, 2.24) is 19.9 Å². The van der Waals surface area contributed by atoms with E-state index < -0.39 is 5.92 Å². The van der Waals surface area contributed by atoms with Crippen LogP contribution in [0.4, 0.5) is 23.0 Å². The molecule has 5 rings (SSSR count). The molecule has 5 aromatic rings. The van der Waals surface area contributed by atoms with Gasteiger partial charge in [0.2, 0.25) is 11.9 Å². The van der Waals surface area contributed by atoms with Gasteiger partial charge in [0.1, 0.15) is 10.9 Å². The van der Waals surface area contributed by atoms with Crippen molar-refractivity contribution in [2.45, 2.75) is 5.92 Å². The maximum Gasteiger partial charge on any atom is 0.255 e. The summed E-state index contributed by atoms with van der Waals surface area (Å²) in [5.41, 5.74) is 3.62. The van der Waals surface area contributed by atoms with Gasteiger partial charge in [-0.05, 0) is 74.8 Å². The number of thiazole rings is 1. The summed E-state index contributed by atoms with van der Waals surface area (Å²) in [6, 6.07) is 25.6. The Labute approximate surface area is 252 Å². The van der Waals surface area contributed by atoms with Crippen molar-refractivity contribution >= 4 is 56.4 Å². The number of carbonyl (C=O) groups is 2. The van der Waals surface area contributed by atoms with E-state index in [9.17, 15) is 14.9 Å². The minimum atomic E-state index is -0.620. The van der Waals surface area contributed by atoms with Crippen molar-refractivity contribution in [3.8, 4) is 6.07 Å². The summed E-state index contributed by atoms with van der Waals surface area (Å²) < 4.78 is 1.01. The normalized spacial score (nSPS) is 11.8. The van der Waals surface area contributed by atoms with Crippen molar-refractivity contribution in [3.05, 3.63) is 113 Å². The molecule has 3 N–H and O–H groups in total. The number of carbonyl (C=O) groups excluding carboxylic acids is 2. The Hall–Kier alpha value is -5.44. The average molecular weight is 589 g/mol. The maximum atomic E-state index is 12.9. The van der Waals surface area contributed by atoms with E-state index in [-0.39, 0.29) is 11.8 Å². The highest BCUT2D eigenvalue weighted by molar-refractivity contribution is 7.18. The molecule has 0 fully saturated rings. The van der Waals surface area contributed by atoms with E-state index >= 15 is 0 Å². The molecule has 0 aliphatic rings. The van der Waals surface area contributed by atoms with Crippen LogP contribution < -0.4 is 16.0 Å². The van der Waals surface area contributed by atoms with Crippen molar-refractivity contribution in [2.75, 3.05) is 36.6 Å². The quantitative estimate of drug-likeness (QED) is 0.174. The Bertz CT molecular complexity index is 1790. The van der Waals surface area contributed by atoms with Crippen LogP contribution in [-0.4, -0.2) is 52.3 Å². The number of rotatable bonds is 10. The van der Waals surface area contributed by atoms with E-state index in [1.807, 2.05) is 43.3 Å². The molecule has 0 aliphatic heterocycles. The number of amides is 2. The Morgan fingerprint density at radius 2 is 1.74 bits per heavy atom. The van der Waals surface area contributed by atoms with Crippen LogP contribution in [0.3, 0.4) is 0 Å². The molecule has 1 atom stereocenters. The van der Waals surface area contributed by atoms with E-state index in [4.69, 9.17) is 0 Å². The fraction of sp³-hybridized carbons (Fsp3) is 0.125. The van der Waals surface area contributed by atoms with E-state index in [1.54, 1.807) is 66.9 Å². The van der Waals surface area contributed by atoms with Gasteiger partial charge in [-0.2, -0.15) is 5.26 Å². The summed E-state index contributed by atoms with van der Waals surface area (Å²) in [7, 11) is 3.83. The first-order chi connectivity index (χ1) is 20.9. The summed E-state index contributed by atoms with van der Waals surface area (Å²) in [5.74, 6) is -0.860. The number of nitriles is 1. The van der Waals surface area contributed by atoms with Gasteiger partial charge in [-0.15, -0.1) is 11.3 Å². The molecule has 3 aromatic carbocycles. The molecule has 2 heterocycles. The zero-order chi connectivity index (χ0) is 30.2.